The summed E-state index contributed by atoms with van der Waals surface area (Å²) in [4.78, 5) is 30.1. The minimum atomic E-state index is -0.350. The van der Waals surface area contributed by atoms with Gasteiger partial charge in [0.2, 0.25) is 5.91 Å². The van der Waals surface area contributed by atoms with E-state index in [4.69, 9.17) is 4.74 Å². The number of fused-ring (bicyclic) bond motifs is 1. The molecule has 154 valence electrons. The van der Waals surface area contributed by atoms with Crippen LogP contribution in [-0.4, -0.2) is 40.5 Å². The summed E-state index contributed by atoms with van der Waals surface area (Å²) in [6.07, 6.45) is 0.705. The molecule has 0 aliphatic heterocycles. The second-order valence-electron chi connectivity index (χ2n) is 6.96. The van der Waals surface area contributed by atoms with Crippen LogP contribution in [0.2, 0.25) is 0 Å². The molecule has 1 heterocycles. The van der Waals surface area contributed by atoms with Crippen LogP contribution >= 0.6 is 27.7 Å². The summed E-state index contributed by atoms with van der Waals surface area (Å²) in [6, 6.07) is 5.47. The van der Waals surface area contributed by atoms with Crippen LogP contribution in [0.1, 0.15) is 34.1 Å². The molecular formula is C20H28BrN3O3S. The quantitative estimate of drug-likeness (QED) is 0.325. The van der Waals surface area contributed by atoms with E-state index in [2.05, 4.69) is 40.1 Å². The lowest BCUT2D eigenvalue weighted by molar-refractivity contribution is -0.120. The highest BCUT2D eigenvalue weighted by Crippen LogP contribution is 2.24. The normalized spacial score (nSPS) is 12.5. The molecule has 8 heteroatoms. The number of aromatic nitrogens is 2. The Morgan fingerprint density at radius 2 is 2.11 bits per heavy atom. The second kappa shape index (κ2) is 11.0. The summed E-state index contributed by atoms with van der Waals surface area (Å²) in [5, 5.41) is 3.71. The molecule has 0 saturated carbocycles. The molecule has 0 saturated heterocycles. The van der Waals surface area contributed by atoms with E-state index < -0.39 is 0 Å². The number of nitrogens with one attached hydrogen (secondary N) is 1. The molecule has 0 aliphatic rings. The molecule has 28 heavy (non-hydrogen) atoms. The van der Waals surface area contributed by atoms with Gasteiger partial charge in [-0.3, -0.25) is 14.2 Å². The Morgan fingerprint density at radius 1 is 1.36 bits per heavy atom. The second-order valence-corrected chi connectivity index (χ2v) is 9.19. The summed E-state index contributed by atoms with van der Waals surface area (Å²) in [7, 11) is 0. The zero-order valence-corrected chi connectivity index (χ0v) is 19.2. The standard InChI is InChI=1S/C20H28BrN3O3S/c1-5-27-10-6-9-24-19(26)16-11-15(21)7-8-17(16)23-20(24)28-14(4)18(25)22-12-13(2)3/h7-8,11,13-14H,5-6,9-10,12H2,1-4H3,(H,22,25). The number of hydrogen-bond donors (Lipinski definition) is 1. The smallest absolute Gasteiger partial charge is 0.262 e. The van der Waals surface area contributed by atoms with Gasteiger partial charge in [-0.15, -0.1) is 0 Å². The number of nitrogens with zero attached hydrogens (tertiary/aromatic N) is 2. The van der Waals surface area contributed by atoms with E-state index in [1.165, 1.54) is 11.8 Å². The molecule has 1 unspecified atom stereocenters. The fraction of sp³-hybridized carbons (Fsp3) is 0.550. The number of halogens is 1. The first kappa shape index (κ1) is 22.9. The summed E-state index contributed by atoms with van der Waals surface area (Å²) >= 11 is 4.73. The Balaban J connectivity index is 2.31. The molecule has 1 aromatic carbocycles. The van der Waals surface area contributed by atoms with E-state index in [9.17, 15) is 9.59 Å². The third-order valence-electron chi connectivity index (χ3n) is 4.09. The molecule has 1 N–H and O–H groups in total. The van der Waals surface area contributed by atoms with E-state index in [0.717, 1.165) is 4.47 Å². The molecule has 1 amide bonds. The highest BCUT2D eigenvalue weighted by atomic mass is 79.9. The van der Waals surface area contributed by atoms with Crippen LogP contribution in [0.5, 0.6) is 0 Å². The van der Waals surface area contributed by atoms with Crippen molar-refractivity contribution >= 4 is 44.5 Å². The van der Waals surface area contributed by atoms with Crippen LogP contribution < -0.4 is 10.9 Å². The minimum absolute atomic E-state index is 0.0512. The molecule has 2 aromatic rings. The molecule has 0 spiro atoms. The fourth-order valence-electron chi connectivity index (χ4n) is 2.59. The monoisotopic (exact) mass is 469 g/mol. The largest absolute Gasteiger partial charge is 0.382 e. The number of ether oxygens (including phenoxy) is 1. The van der Waals surface area contributed by atoms with E-state index in [1.807, 2.05) is 26.0 Å². The van der Waals surface area contributed by atoms with Crippen molar-refractivity contribution in [3.05, 3.63) is 33.0 Å². The lowest BCUT2D eigenvalue weighted by Crippen LogP contribution is -2.34. The van der Waals surface area contributed by atoms with Gasteiger partial charge in [0, 0.05) is 30.8 Å². The van der Waals surface area contributed by atoms with Gasteiger partial charge in [-0.1, -0.05) is 41.5 Å². The predicted molar refractivity (Wildman–Crippen MR) is 118 cm³/mol. The number of thioether (sulfide) groups is 1. The van der Waals surface area contributed by atoms with Crippen molar-refractivity contribution in [2.45, 2.75) is 51.1 Å². The van der Waals surface area contributed by atoms with Crippen molar-refractivity contribution < 1.29 is 9.53 Å². The molecule has 0 fully saturated rings. The van der Waals surface area contributed by atoms with Gasteiger partial charge in [0.1, 0.15) is 0 Å². The van der Waals surface area contributed by atoms with Crippen LogP contribution in [-0.2, 0) is 16.1 Å². The summed E-state index contributed by atoms with van der Waals surface area (Å²) in [5.41, 5.74) is 0.534. The lowest BCUT2D eigenvalue weighted by Gasteiger charge is -2.17. The predicted octanol–water partition coefficient (Wildman–Crippen LogP) is 3.84. The van der Waals surface area contributed by atoms with Crippen molar-refractivity contribution in [3.63, 3.8) is 0 Å². The molecule has 0 radical (unpaired) electrons. The summed E-state index contributed by atoms with van der Waals surface area (Å²) in [5.74, 6) is 0.333. The highest BCUT2D eigenvalue weighted by molar-refractivity contribution is 9.10. The van der Waals surface area contributed by atoms with Crippen LogP contribution in [0.25, 0.3) is 10.9 Å². The van der Waals surface area contributed by atoms with Crippen LogP contribution in [0.4, 0.5) is 0 Å². The average Bonchev–Trinajstić information content (AvgIpc) is 2.65. The zero-order chi connectivity index (χ0) is 20.7. The summed E-state index contributed by atoms with van der Waals surface area (Å²) in [6.45, 7) is 10.2. The molecule has 1 aromatic heterocycles. The first-order valence-electron chi connectivity index (χ1n) is 9.55. The van der Waals surface area contributed by atoms with Crippen LogP contribution in [0.15, 0.2) is 32.6 Å². The Morgan fingerprint density at radius 3 is 2.79 bits per heavy atom. The lowest BCUT2D eigenvalue weighted by atomic mass is 10.2. The van der Waals surface area contributed by atoms with Crippen molar-refractivity contribution in [1.82, 2.24) is 14.9 Å². The van der Waals surface area contributed by atoms with Gasteiger partial charge < -0.3 is 10.1 Å². The molecular weight excluding hydrogens is 442 g/mol. The Labute approximate surface area is 178 Å². The minimum Gasteiger partial charge on any atom is -0.382 e. The number of benzene rings is 1. The third-order valence-corrected chi connectivity index (χ3v) is 5.68. The van der Waals surface area contributed by atoms with E-state index >= 15 is 0 Å². The molecule has 1 atom stereocenters. The first-order chi connectivity index (χ1) is 13.3. The van der Waals surface area contributed by atoms with Crippen LogP contribution in [0.3, 0.4) is 0 Å². The molecule has 2 rings (SSSR count). The Kier molecular flexibility index (Phi) is 8.98. The molecule has 0 bridgehead atoms. The number of carbonyl (C=O) groups excluding carboxylic acids is 1. The van der Waals surface area contributed by atoms with Gasteiger partial charge in [0.25, 0.3) is 5.56 Å². The van der Waals surface area contributed by atoms with Crippen molar-refractivity contribution in [1.29, 1.82) is 0 Å². The van der Waals surface area contributed by atoms with Crippen molar-refractivity contribution in [2.24, 2.45) is 5.92 Å². The van der Waals surface area contributed by atoms with E-state index in [0.29, 0.717) is 54.7 Å². The maximum absolute atomic E-state index is 13.1. The van der Waals surface area contributed by atoms with Gasteiger partial charge in [-0.05, 0) is 44.4 Å². The molecule has 6 nitrogen and oxygen atoms in total. The fourth-order valence-corrected chi connectivity index (χ4v) is 3.91. The Hall–Kier alpha value is -1.38. The van der Waals surface area contributed by atoms with Gasteiger partial charge in [-0.2, -0.15) is 0 Å². The van der Waals surface area contributed by atoms with Gasteiger partial charge in [0.05, 0.1) is 16.2 Å². The summed E-state index contributed by atoms with van der Waals surface area (Å²) < 4.78 is 7.89. The number of carbonyl (C=O) groups is 1. The maximum Gasteiger partial charge on any atom is 0.262 e. The van der Waals surface area contributed by atoms with Gasteiger partial charge in [0.15, 0.2) is 5.16 Å². The van der Waals surface area contributed by atoms with Crippen LogP contribution in [0, 0.1) is 5.92 Å². The number of amides is 1. The van der Waals surface area contributed by atoms with E-state index in [-0.39, 0.29) is 16.7 Å². The topological polar surface area (TPSA) is 73.2 Å². The van der Waals surface area contributed by atoms with E-state index in [1.54, 1.807) is 10.6 Å². The maximum atomic E-state index is 13.1. The first-order valence-corrected chi connectivity index (χ1v) is 11.2. The number of rotatable bonds is 10. The molecule has 0 aliphatic carbocycles. The van der Waals surface area contributed by atoms with Gasteiger partial charge in [-0.25, -0.2) is 4.98 Å². The average molecular weight is 470 g/mol. The highest BCUT2D eigenvalue weighted by Gasteiger charge is 2.19. The van der Waals surface area contributed by atoms with Gasteiger partial charge >= 0.3 is 0 Å². The SMILES string of the molecule is CCOCCCn1c(SC(C)C(=O)NCC(C)C)nc2ccc(Br)cc2c1=O. The van der Waals surface area contributed by atoms with Crippen molar-refractivity contribution in [2.75, 3.05) is 19.8 Å². The zero-order valence-electron chi connectivity index (χ0n) is 16.8. The number of hydrogen-bond acceptors (Lipinski definition) is 5. The van der Waals surface area contributed by atoms with Crippen molar-refractivity contribution in [3.8, 4) is 0 Å². The third kappa shape index (κ3) is 6.32. The Bertz CT molecular complexity index is 870.